The van der Waals surface area contributed by atoms with Gasteiger partial charge >= 0.3 is 6.03 Å². The Morgan fingerprint density at radius 2 is 1.81 bits per heavy atom. The summed E-state index contributed by atoms with van der Waals surface area (Å²) in [5.74, 6) is -0.251. The Balaban J connectivity index is 1.43. The summed E-state index contributed by atoms with van der Waals surface area (Å²) in [6.45, 7) is 3.85. The van der Waals surface area contributed by atoms with Gasteiger partial charge < -0.3 is 15.1 Å². The van der Waals surface area contributed by atoms with Crippen molar-refractivity contribution < 1.29 is 9.18 Å². The zero-order valence-corrected chi connectivity index (χ0v) is 15.0. The summed E-state index contributed by atoms with van der Waals surface area (Å²) in [6.07, 6.45) is 2.26. The van der Waals surface area contributed by atoms with Gasteiger partial charge in [0.15, 0.2) is 0 Å². The molecule has 2 aliphatic rings. The first-order valence-electron chi connectivity index (χ1n) is 9.14. The summed E-state index contributed by atoms with van der Waals surface area (Å²) >= 11 is 0. The van der Waals surface area contributed by atoms with Gasteiger partial charge in [-0.2, -0.15) is 0 Å². The number of carbonyl (C=O) groups excluding carboxylic acids is 1. The van der Waals surface area contributed by atoms with Crippen LogP contribution in [0.1, 0.15) is 12.8 Å². The Bertz CT molecular complexity index is 807. The zero-order valence-electron chi connectivity index (χ0n) is 15.0. The van der Waals surface area contributed by atoms with E-state index in [-0.39, 0.29) is 17.3 Å². The molecule has 0 radical (unpaired) electrons. The van der Waals surface area contributed by atoms with E-state index in [1.807, 2.05) is 29.2 Å². The summed E-state index contributed by atoms with van der Waals surface area (Å²) < 4.78 is 13.1. The second-order valence-corrected chi connectivity index (χ2v) is 7.68. The molecule has 5 heteroatoms. The molecule has 1 N–H and O–H groups in total. The number of rotatable bonds is 2. The third-order valence-corrected chi connectivity index (χ3v) is 5.65. The van der Waals surface area contributed by atoms with E-state index in [2.05, 4.69) is 17.3 Å². The van der Waals surface area contributed by atoms with E-state index in [1.165, 1.54) is 18.6 Å². The van der Waals surface area contributed by atoms with Gasteiger partial charge in [-0.3, -0.25) is 0 Å². The molecule has 1 atom stereocenters. The molecule has 0 bridgehead atoms. The quantitative estimate of drug-likeness (QED) is 0.884. The highest BCUT2D eigenvalue weighted by atomic mass is 19.1. The van der Waals surface area contributed by atoms with Crippen LogP contribution in [0, 0.1) is 11.2 Å². The fraction of sp³-hybridized carbons (Fsp3) is 0.381. The van der Waals surface area contributed by atoms with Crippen molar-refractivity contribution in [2.45, 2.75) is 12.8 Å². The van der Waals surface area contributed by atoms with E-state index in [9.17, 15) is 9.18 Å². The summed E-state index contributed by atoms with van der Waals surface area (Å²) in [4.78, 5) is 17.0. The Kier molecular flexibility index (Phi) is 4.41. The van der Waals surface area contributed by atoms with Crippen LogP contribution in [0.2, 0.25) is 0 Å². The van der Waals surface area contributed by atoms with Crippen LogP contribution in [0.25, 0.3) is 11.1 Å². The number of halogens is 1. The summed E-state index contributed by atoms with van der Waals surface area (Å²) in [5, 5.41) is 3.02. The van der Waals surface area contributed by atoms with Gasteiger partial charge in [-0.15, -0.1) is 0 Å². The predicted molar refractivity (Wildman–Crippen MR) is 102 cm³/mol. The molecule has 136 valence electrons. The van der Waals surface area contributed by atoms with Crippen molar-refractivity contribution >= 4 is 11.7 Å². The van der Waals surface area contributed by atoms with Gasteiger partial charge in [0.05, 0.1) is 0 Å². The smallest absolute Gasteiger partial charge is 0.321 e. The van der Waals surface area contributed by atoms with E-state index in [4.69, 9.17) is 0 Å². The Morgan fingerprint density at radius 1 is 1.04 bits per heavy atom. The first-order chi connectivity index (χ1) is 12.5. The molecule has 2 fully saturated rings. The average Bonchev–Trinajstić information content (AvgIpc) is 3.22. The molecular weight excluding hydrogens is 329 g/mol. The van der Waals surface area contributed by atoms with E-state index in [0.717, 1.165) is 49.4 Å². The van der Waals surface area contributed by atoms with Gasteiger partial charge in [-0.25, -0.2) is 9.18 Å². The van der Waals surface area contributed by atoms with Gasteiger partial charge in [-0.05, 0) is 61.8 Å². The van der Waals surface area contributed by atoms with E-state index in [0.29, 0.717) is 0 Å². The van der Waals surface area contributed by atoms with Gasteiger partial charge in [0, 0.05) is 30.7 Å². The number of urea groups is 1. The minimum Gasteiger partial charge on any atom is -0.324 e. The molecule has 0 aromatic heterocycles. The van der Waals surface area contributed by atoms with Crippen molar-refractivity contribution in [3.8, 4) is 11.1 Å². The van der Waals surface area contributed by atoms with Crippen LogP contribution in [-0.2, 0) is 0 Å². The number of hydrogen-bond acceptors (Lipinski definition) is 2. The molecule has 2 saturated heterocycles. The number of nitrogens with zero attached hydrogens (tertiary/aromatic N) is 2. The van der Waals surface area contributed by atoms with Crippen molar-refractivity contribution in [3.05, 3.63) is 54.3 Å². The molecular formula is C21H24FN3O. The monoisotopic (exact) mass is 353 g/mol. The largest absolute Gasteiger partial charge is 0.324 e. The van der Waals surface area contributed by atoms with Gasteiger partial charge in [0.2, 0.25) is 0 Å². The second kappa shape index (κ2) is 6.72. The summed E-state index contributed by atoms with van der Waals surface area (Å²) in [5.41, 5.74) is 2.93. The van der Waals surface area contributed by atoms with Gasteiger partial charge in [-0.1, -0.05) is 24.3 Å². The number of hydrogen-bond donors (Lipinski definition) is 1. The maximum atomic E-state index is 13.1. The molecule has 2 aliphatic heterocycles. The van der Waals surface area contributed by atoms with Gasteiger partial charge in [0.25, 0.3) is 0 Å². The maximum Gasteiger partial charge on any atom is 0.321 e. The van der Waals surface area contributed by atoms with Crippen molar-refractivity contribution in [1.82, 2.24) is 9.80 Å². The minimum absolute atomic E-state index is 0.0346. The van der Waals surface area contributed by atoms with Crippen LogP contribution in [0.3, 0.4) is 0 Å². The Hall–Kier alpha value is -2.40. The fourth-order valence-electron chi connectivity index (χ4n) is 4.22. The molecule has 2 aromatic carbocycles. The van der Waals surface area contributed by atoms with Gasteiger partial charge in [0.1, 0.15) is 5.82 Å². The first-order valence-corrected chi connectivity index (χ1v) is 9.14. The van der Waals surface area contributed by atoms with Crippen molar-refractivity contribution in [3.63, 3.8) is 0 Å². The third kappa shape index (κ3) is 3.44. The molecule has 0 aliphatic carbocycles. The molecule has 26 heavy (non-hydrogen) atoms. The Labute approximate surface area is 153 Å². The van der Waals surface area contributed by atoms with E-state index < -0.39 is 0 Å². The highest BCUT2D eigenvalue weighted by Crippen LogP contribution is 2.39. The average molecular weight is 353 g/mol. The number of likely N-dealkylation sites (tertiary alicyclic amines) is 2. The molecule has 2 amide bonds. The molecule has 2 aromatic rings. The molecule has 0 saturated carbocycles. The molecule has 2 heterocycles. The van der Waals surface area contributed by atoms with E-state index >= 15 is 0 Å². The Morgan fingerprint density at radius 3 is 2.54 bits per heavy atom. The zero-order chi connectivity index (χ0) is 18.1. The molecule has 1 spiro atoms. The lowest BCUT2D eigenvalue weighted by Gasteiger charge is -2.24. The lowest BCUT2D eigenvalue weighted by Crippen LogP contribution is -2.36. The van der Waals surface area contributed by atoms with Crippen LogP contribution in [0.4, 0.5) is 14.9 Å². The lowest BCUT2D eigenvalue weighted by atomic mass is 9.86. The maximum absolute atomic E-state index is 13.1. The lowest BCUT2D eigenvalue weighted by molar-refractivity contribution is 0.212. The highest BCUT2D eigenvalue weighted by Gasteiger charge is 2.43. The van der Waals surface area contributed by atoms with Crippen molar-refractivity contribution in [1.29, 1.82) is 0 Å². The minimum atomic E-state index is -0.251. The summed E-state index contributed by atoms with van der Waals surface area (Å²) in [7, 11) is 2.15. The normalized spacial score (nSPS) is 22.9. The fourth-order valence-corrected chi connectivity index (χ4v) is 4.22. The predicted octanol–water partition coefficient (Wildman–Crippen LogP) is 4.05. The number of amides is 2. The van der Waals surface area contributed by atoms with Crippen molar-refractivity contribution in [2.75, 3.05) is 38.5 Å². The SMILES string of the molecule is CN1CC[C@@]2(CCN(C(=O)Nc3cccc(-c4ccc(F)cc4)c3)C2)C1. The van der Waals surface area contributed by atoms with E-state index in [1.54, 1.807) is 12.1 Å². The van der Waals surface area contributed by atoms with Crippen LogP contribution in [-0.4, -0.2) is 49.1 Å². The highest BCUT2D eigenvalue weighted by molar-refractivity contribution is 5.90. The number of benzene rings is 2. The van der Waals surface area contributed by atoms with Crippen LogP contribution >= 0.6 is 0 Å². The van der Waals surface area contributed by atoms with Crippen LogP contribution in [0.15, 0.2) is 48.5 Å². The third-order valence-electron chi connectivity index (χ3n) is 5.65. The summed E-state index contributed by atoms with van der Waals surface area (Å²) in [6, 6.07) is 14.0. The number of nitrogens with one attached hydrogen (secondary N) is 1. The van der Waals surface area contributed by atoms with Crippen LogP contribution in [0.5, 0.6) is 0 Å². The standard InChI is InChI=1S/C21H24FN3O/c1-24-11-9-21(14-24)10-12-25(15-21)20(26)23-19-4-2-3-17(13-19)16-5-7-18(22)8-6-16/h2-8,13H,9-12,14-15H2,1H3,(H,23,26)/t21-/m1/s1. The van der Waals surface area contributed by atoms with Crippen LogP contribution < -0.4 is 5.32 Å². The molecule has 0 unspecified atom stereocenters. The second-order valence-electron chi connectivity index (χ2n) is 7.68. The topological polar surface area (TPSA) is 35.6 Å². The van der Waals surface area contributed by atoms with Crippen molar-refractivity contribution in [2.24, 2.45) is 5.41 Å². The number of carbonyl (C=O) groups is 1. The number of anilines is 1. The first kappa shape index (κ1) is 17.0. The molecule has 4 nitrogen and oxygen atoms in total. The molecule has 4 rings (SSSR count).